The second kappa shape index (κ2) is 7.93. The molecule has 26 heavy (non-hydrogen) atoms. The van der Waals surface area contributed by atoms with E-state index in [1.807, 2.05) is 30.3 Å². The Hall–Kier alpha value is -3.68. The third-order valence-electron chi connectivity index (χ3n) is 3.37. The fraction of sp³-hybridized carbons (Fsp3) is 0.111. The average Bonchev–Trinajstić information content (AvgIpc) is 2.65. The summed E-state index contributed by atoms with van der Waals surface area (Å²) >= 11 is 0. The van der Waals surface area contributed by atoms with Gasteiger partial charge in [-0.25, -0.2) is 4.79 Å². The van der Waals surface area contributed by atoms with Crippen LogP contribution in [0.15, 0.2) is 54.6 Å². The van der Waals surface area contributed by atoms with E-state index in [0.717, 1.165) is 5.56 Å². The molecule has 1 heterocycles. The summed E-state index contributed by atoms with van der Waals surface area (Å²) < 4.78 is 10.9. The first-order valence-electron chi connectivity index (χ1n) is 7.80. The van der Waals surface area contributed by atoms with Gasteiger partial charge in [0.2, 0.25) is 11.9 Å². The Kier molecular flexibility index (Phi) is 5.23. The van der Waals surface area contributed by atoms with Crippen LogP contribution in [0.2, 0.25) is 0 Å². The number of ether oxygens (including phenoxy) is 2. The van der Waals surface area contributed by atoms with Crippen molar-refractivity contribution in [2.45, 2.75) is 13.2 Å². The molecule has 0 aliphatic carbocycles. The van der Waals surface area contributed by atoms with Gasteiger partial charge in [-0.2, -0.15) is 15.0 Å². The quantitative estimate of drug-likeness (QED) is 0.645. The zero-order valence-electron chi connectivity index (χ0n) is 13.8. The standard InChI is InChI=1S/C18H17N5O3/c19-17-21-15(22-18(20)23-17)11-26-16(24)13-7-4-8-14(9-13)25-10-12-5-2-1-3-6-12/h1-9H,10-11H2,(H4,19,20,21,22,23). The molecule has 3 rings (SSSR count). The van der Waals surface area contributed by atoms with Crippen molar-refractivity contribution in [2.75, 3.05) is 11.5 Å². The first-order chi connectivity index (χ1) is 12.6. The Morgan fingerprint density at radius 2 is 1.62 bits per heavy atom. The summed E-state index contributed by atoms with van der Waals surface area (Å²) in [4.78, 5) is 23.6. The number of nitrogens with two attached hydrogens (primary N) is 2. The lowest BCUT2D eigenvalue weighted by molar-refractivity contribution is 0.0461. The number of anilines is 2. The maximum absolute atomic E-state index is 12.2. The van der Waals surface area contributed by atoms with Crippen molar-refractivity contribution in [1.29, 1.82) is 0 Å². The molecular formula is C18H17N5O3. The third-order valence-corrected chi connectivity index (χ3v) is 3.37. The van der Waals surface area contributed by atoms with Crippen molar-refractivity contribution in [3.05, 3.63) is 71.5 Å². The largest absolute Gasteiger partial charge is 0.489 e. The van der Waals surface area contributed by atoms with Crippen molar-refractivity contribution in [3.8, 4) is 5.75 Å². The predicted molar refractivity (Wildman–Crippen MR) is 95.0 cm³/mol. The highest BCUT2D eigenvalue weighted by Gasteiger charge is 2.11. The van der Waals surface area contributed by atoms with Crippen LogP contribution in [0.1, 0.15) is 21.7 Å². The summed E-state index contributed by atoms with van der Waals surface area (Å²) in [5.74, 6) is 0.157. The minimum absolute atomic E-state index is 0.0279. The van der Waals surface area contributed by atoms with E-state index in [0.29, 0.717) is 17.9 Å². The summed E-state index contributed by atoms with van der Waals surface area (Å²) in [5.41, 5.74) is 12.3. The Morgan fingerprint density at radius 3 is 2.35 bits per heavy atom. The number of hydrogen-bond acceptors (Lipinski definition) is 8. The molecule has 1 aromatic heterocycles. The normalized spacial score (nSPS) is 10.3. The Labute approximate surface area is 149 Å². The van der Waals surface area contributed by atoms with Crippen LogP contribution in [-0.2, 0) is 18.0 Å². The molecule has 0 saturated heterocycles. The van der Waals surface area contributed by atoms with Crippen LogP contribution in [0.25, 0.3) is 0 Å². The molecule has 2 aromatic carbocycles. The maximum atomic E-state index is 12.2. The van der Waals surface area contributed by atoms with Crippen molar-refractivity contribution < 1.29 is 14.3 Å². The van der Waals surface area contributed by atoms with Gasteiger partial charge in [0, 0.05) is 0 Å². The number of aromatic nitrogens is 3. The minimum Gasteiger partial charge on any atom is -0.489 e. The molecule has 0 saturated carbocycles. The number of carbonyl (C=O) groups is 1. The van der Waals surface area contributed by atoms with Crippen molar-refractivity contribution in [3.63, 3.8) is 0 Å². The number of esters is 1. The second-order valence-corrected chi connectivity index (χ2v) is 5.35. The lowest BCUT2D eigenvalue weighted by Gasteiger charge is -2.08. The monoisotopic (exact) mass is 351 g/mol. The molecule has 8 nitrogen and oxygen atoms in total. The summed E-state index contributed by atoms with van der Waals surface area (Å²) in [6.45, 7) is 0.244. The van der Waals surface area contributed by atoms with Gasteiger partial charge >= 0.3 is 5.97 Å². The fourth-order valence-corrected chi connectivity index (χ4v) is 2.19. The first kappa shape index (κ1) is 17.2. The van der Waals surface area contributed by atoms with Gasteiger partial charge < -0.3 is 20.9 Å². The summed E-state index contributed by atoms with van der Waals surface area (Å²) in [5, 5.41) is 0. The van der Waals surface area contributed by atoms with Crippen LogP contribution >= 0.6 is 0 Å². The molecule has 0 aliphatic rings. The molecule has 0 fully saturated rings. The molecule has 8 heteroatoms. The van der Waals surface area contributed by atoms with Crippen LogP contribution in [0.3, 0.4) is 0 Å². The number of hydrogen-bond donors (Lipinski definition) is 2. The fourth-order valence-electron chi connectivity index (χ4n) is 2.19. The lowest BCUT2D eigenvalue weighted by Crippen LogP contribution is -2.11. The van der Waals surface area contributed by atoms with Crippen molar-refractivity contribution >= 4 is 17.9 Å². The van der Waals surface area contributed by atoms with E-state index in [2.05, 4.69) is 15.0 Å². The second-order valence-electron chi connectivity index (χ2n) is 5.35. The van der Waals surface area contributed by atoms with Gasteiger partial charge in [0.15, 0.2) is 12.4 Å². The predicted octanol–water partition coefficient (Wildman–Crippen LogP) is 1.97. The van der Waals surface area contributed by atoms with Gasteiger partial charge in [0.1, 0.15) is 12.4 Å². The van der Waals surface area contributed by atoms with Crippen LogP contribution in [0.4, 0.5) is 11.9 Å². The molecule has 0 aliphatic heterocycles. The van der Waals surface area contributed by atoms with Gasteiger partial charge in [-0.15, -0.1) is 0 Å². The topological polar surface area (TPSA) is 126 Å². The van der Waals surface area contributed by atoms with E-state index in [1.54, 1.807) is 24.3 Å². The van der Waals surface area contributed by atoms with Crippen LogP contribution < -0.4 is 16.2 Å². The number of nitrogen functional groups attached to an aromatic ring is 2. The Bertz CT molecular complexity index is 882. The molecule has 132 valence electrons. The van der Waals surface area contributed by atoms with E-state index in [-0.39, 0.29) is 24.3 Å². The highest BCUT2D eigenvalue weighted by molar-refractivity contribution is 5.89. The Balaban J connectivity index is 1.60. The highest BCUT2D eigenvalue weighted by atomic mass is 16.5. The van der Waals surface area contributed by atoms with E-state index in [9.17, 15) is 4.79 Å². The van der Waals surface area contributed by atoms with E-state index < -0.39 is 5.97 Å². The van der Waals surface area contributed by atoms with Gasteiger partial charge in [0.25, 0.3) is 0 Å². The number of benzene rings is 2. The lowest BCUT2D eigenvalue weighted by atomic mass is 10.2. The SMILES string of the molecule is Nc1nc(N)nc(COC(=O)c2cccc(OCc3ccccc3)c2)n1. The van der Waals surface area contributed by atoms with E-state index in [4.69, 9.17) is 20.9 Å². The molecule has 0 amide bonds. The summed E-state index contributed by atoms with van der Waals surface area (Å²) in [6, 6.07) is 16.5. The smallest absolute Gasteiger partial charge is 0.338 e. The summed E-state index contributed by atoms with van der Waals surface area (Å²) in [7, 11) is 0. The zero-order valence-corrected chi connectivity index (χ0v) is 13.8. The third kappa shape index (κ3) is 4.67. The van der Waals surface area contributed by atoms with Gasteiger partial charge in [-0.05, 0) is 23.8 Å². The molecule has 0 atom stereocenters. The molecule has 0 radical (unpaired) electrons. The molecule has 4 N–H and O–H groups in total. The molecule has 0 spiro atoms. The minimum atomic E-state index is -0.535. The van der Waals surface area contributed by atoms with Gasteiger partial charge in [0.05, 0.1) is 5.56 Å². The maximum Gasteiger partial charge on any atom is 0.338 e. The summed E-state index contributed by atoms with van der Waals surface area (Å²) in [6.07, 6.45) is 0. The number of carbonyl (C=O) groups excluding carboxylic acids is 1. The number of nitrogens with zero attached hydrogens (tertiary/aromatic N) is 3. The average molecular weight is 351 g/mol. The van der Waals surface area contributed by atoms with Gasteiger partial charge in [-0.1, -0.05) is 36.4 Å². The zero-order chi connectivity index (χ0) is 18.4. The molecule has 3 aromatic rings. The van der Waals surface area contributed by atoms with Crippen LogP contribution in [-0.4, -0.2) is 20.9 Å². The molecular weight excluding hydrogens is 334 g/mol. The molecule has 0 bridgehead atoms. The van der Waals surface area contributed by atoms with E-state index >= 15 is 0 Å². The van der Waals surface area contributed by atoms with Crippen LogP contribution in [0.5, 0.6) is 5.75 Å². The van der Waals surface area contributed by atoms with E-state index in [1.165, 1.54) is 0 Å². The van der Waals surface area contributed by atoms with Gasteiger partial charge in [-0.3, -0.25) is 0 Å². The first-order valence-corrected chi connectivity index (χ1v) is 7.80. The van der Waals surface area contributed by atoms with Crippen LogP contribution in [0, 0.1) is 0 Å². The highest BCUT2D eigenvalue weighted by Crippen LogP contribution is 2.16. The Morgan fingerprint density at radius 1 is 0.885 bits per heavy atom. The van der Waals surface area contributed by atoms with Crippen molar-refractivity contribution in [1.82, 2.24) is 15.0 Å². The number of rotatable bonds is 6. The molecule has 0 unspecified atom stereocenters. The van der Waals surface area contributed by atoms with Crippen molar-refractivity contribution in [2.24, 2.45) is 0 Å².